The van der Waals surface area contributed by atoms with E-state index in [2.05, 4.69) is 15.9 Å². The van der Waals surface area contributed by atoms with Crippen LogP contribution in [0.5, 0.6) is 0 Å². The molecule has 2 nitrogen and oxygen atoms in total. The molecule has 1 unspecified atom stereocenters. The number of aliphatic hydroxyl groups is 1. The van der Waals surface area contributed by atoms with Crippen LogP contribution in [0.2, 0.25) is 0 Å². The Hall–Kier alpha value is -0.450. The van der Waals surface area contributed by atoms with Gasteiger partial charge in [0.1, 0.15) is 5.82 Å². The third-order valence-corrected chi connectivity index (χ3v) is 5.03. The Morgan fingerprint density at radius 1 is 1.26 bits per heavy atom. The van der Waals surface area contributed by atoms with Crippen molar-refractivity contribution >= 4 is 15.9 Å². The van der Waals surface area contributed by atoms with Crippen molar-refractivity contribution in [3.8, 4) is 0 Å². The highest BCUT2D eigenvalue weighted by Crippen LogP contribution is 2.45. The molecular formula is C15H21BrFNO. The summed E-state index contributed by atoms with van der Waals surface area (Å²) in [5, 5.41) is 10.8. The molecule has 1 aliphatic carbocycles. The topological polar surface area (TPSA) is 46.2 Å². The van der Waals surface area contributed by atoms with E-state index in [1.54, 1.807) is 6.07 Å². The molecule has 0 amide bonds. The minimum atomic E-state index is -0.634. The number of benzene rings is 1. The van der Waals surface area contributed by atoms with Gasteiger partial charge in [0.2, 0.25) is 0 Å². The van der Waals surface area contributed by atoms with Crippen LogP contribution in [-0.2, 0) is 0 Å². The van der Waals surface area contributed by atoms with Crippen molar-refractivity contribution in [3.05, 3.63) is 34.1 Å². The molecular weight excluding hydrogens is 309 g/mol. The van der Waals surface area contributed by atoms with E-state index in [1.165, 1.54) is 25.0 Å². The Kier molecular flexibility index (Phi) is 4.98. The second-order valence-electron chi connectivity index (χ2n) is 5.55. The second-order valence-corrected chi connectivity index (χ2v) is 6.40. The molecule has 0 radical (unpaired) electrons. The molecule has 1 fully saturated rings. The van der Waals surface area contributed by atoms with E-state index in [1.807, 2.05) is 0 Å². The van der Waals surface area contributed by atoms with Gasteiger partial charge >= 0.3 is 0 Å². The summed E-state index contributed by atoms with van der Waals surface area (Å²) in [7, 11) is 0. The number of hydrogen-bond donors (Lipinski definition) is 2. The second kappa shape index (κ2) is 6.33. The zero-order valence-corrected chi connectivity index (χ0v) is 12.6. The monoisotopic (exact) mass is 329 g/mol. The summed E-state index contributed by atoms with van der Waals surface area (Å²) in [4.78, 5) is 0. The zero-order valence-electron chi connectivity index (χ0n) is 11.0. The molecule has 3 N–H and O–H groups in total. The maximum absolute atomic E-state index is 13.2. The highest BCUT2D eigenvalue weighted by molar-refractivity contribution is 9.10. The summed E-state index contributed by atoms with van der Waals surface area (Å²) in [5.41, 5.74) is 6.45. The zero-order chi connectivity index (χ0) is 13.9. The summed E-state index contributed by atoms with van der Waals surface area (Å²) in [6.07, 6.45) is 5.87. The molecule has 0 bridgehead atoms. The number of rotatable bonds is 3. The molecule has 1 aromatic rings. The molecule has 0 aromatic heterocycles. The van der Waals surface area contributed by atoms with Crippen LogP contribution in [0.3, 0.4) is 0 Å². The predicted octanol–water partition coefficient (Wildman–Crippen LogP) is 3.92. The van der Waals surface area contributed by atoms with Gasteiger partial charge in [-0.25, -0.2) is 4.39 Å². The largest absolute Gasteiger partial charge is 0.388 e. The van der Waals surface area contributed by atoms with E-state index < -0.39 is 6.10 Å². The number of hydrogen-bond acceptors (Lipinski definition) is 2. The van der Waals surface area contributed by atoms with Gasteiger partial charge in [-0.1, -0.05) is 47.7 Å². The number of aliphatic hydroxyl groups excluding tert-OH is 1. The Balaban J connectivity index is 2.31. The number of nitrogens with two attached hydrogens (primary N) is 1. The first-order valence-corrected chi connectivity index (χ1v) is 7.71. The quantitative estimate of drug-likeness (QED) is 0.825. The lowest BCUT2D eigenvalue weighted by Gasteiger charge is -2.37. The van der Waals surface area contributed by atoms with E-state index in [0.717, 1.165) is 31.2 Å². The van der Waals surface area contributed by atoms with Crippen LogP contribution in [0.25, 0.3) is 0 Å². The van der Waals surface area contributed by atoms with E-state index in [-0.39, 0.29) is 11.2 Å². The lowest BCUT2D eigenvalue weighted by molar-refractivity contribution is 0.0161. The summed E-state index contributed by atoms with van der Waals surface area (Å²) >= 11 is 3.35. The molecule has 1 saturated carbocycles. The van der Waals surface area contributed by atoms with Gasteiger partial charge in [-0.15, -0.1) is 0 Å². The first-order chi connectivity index (χ1) is 9.09. The van der Waals surface area contributed by atoms with Crippen LogP contribution in [0.4, 0.5) is 4.39 Å². The van der Waals surface area contributed by atoms with Crippen molar-refractivity contribution in [2.75, 3.05) is 6.54 Å². The maximum Gasteiger partial charge on any atom is 0.124 e. The van der Waals surface area contributed by atoms with Gasteiger partial charge in [-0.2, -0.15) is 0 Å². The van der Waals surface area contributed by atoms with Crippen molar-refractivity contribution in [2.45, 2.75) is 44.6 Å². The molecule has 19 heavy (non-hydrogen) atoms. The Labute approximate surface area is 122 Å². The molecule has 4 heteroatoms. The van der Waals surface area contributed by atoms with Crippen molar-refractivity contribution in [1.29, 1.82) is 0 Å². The van der Waals surface area contributed by atoms with E-state index >= 15 is 0 Å². The summed E-state index contributed by atoms with van der Waals surface area (Å²) in [6, 6.07) is 4.45. The van der Waals surface area contributed by atoms with Crippen LogP contribution in [0.1, 0.15) is 50.2 Å². The lowest BCUT2D eigenvalue weighted by atomic mass is 9.73. The lowest BCUT2D eigenvalue weighted by Crippen LogP contribution is -2.36. The average Bonchev–Trinajstić information content (AvgIpc) is 2.64. The van der Waals surface area contributed by atoms with E-state index in [4.69, 9.17) is 5.73 Å². The Morgan fingerprint density at radius 3 is 2.42 bits per heavy atom. The first kappa shape index (κ1) is 14.9. The standard InChI is InChI=1S/C15H21BrFNO/c16-13-9-11(17)5-6-12(13)14(19)15(10-18)7-3-1-2-4-8-15/h5-6,9,14,19H,1-4,7-8,10,18H2. The molecule has 0 spiro atoms. The fourth-order valence-electron chi connectivity index (χ4n) is 3.07. The summed E-state index contributed by atoms with van der Waals surface area (Å²) < 4.78 is 13.8. The third-order valence-electron chi connectivity index (χ3n) is 4.34. The van der Waals surface area contributed by atoms with Gasteiger partial charge in [0, 0.05) is 16.4 Å². The normalized spacial score (nSPS) is 20.8. The van der Waals surface area contributed by atoms with E-state index in [0.29, 0.717) is 11.0 Å². The van der Waals surface area contributed by atoms with Crippen molar-refractivity contribution in [1.82, 2.24) is 0 Å². The van der Waals surface area contributed by atoms with Crippen LogP contribution < -0.4 is 5.73 Å². The fraction of sp³-hybridized carbons (Fsp3) is 0.600. The van der Waals surface area contributed by atoms with Crippen LogP contribution >= 0.6 is 15.9 Å². The number of halogens is 2. The van der Waals surface area contributed by atoms with Gasteiger partial charge in [0.05, 0.1) is 6.10 Å². The van der Waals surface area contributed by atoms with Gasteiger partial charge < -0.3 is 10.8 Å². The fourth-order valence-corrected chi connectivity index (χ4v) is 3.64. The van der Waals surface area contributed by atoms with Gasteiger partial charge in [-0.3, -0.25) is 0 Å². The molecule has 1 aliphatic rings. The predicted molar refractivity (Wildman–Crippen MR) is 78.2 cm³/mol. The SMILES string of the molecule is NCC1(C(O)c2ccc(F)cc2Br)CCCCCC1. The summed E-state index contributed by atoms with van der Waals surface area (Å²) in [6.45, 7) is 0.470. The van der Waals surface area contributed by atoms with Crippen molar-refractivity contribution in [2.24, 2.45) is 11.1 Å². The van der Waals surface area contributed by atoms with Gasteiger partial charge in [-0.05, 0) is 30.5 Å². The minimum absolute atomic E-state index is 0.267. The van der Waals surface area contributed by atoms with Gasteiger partial charge in [0.15, 0.2) is 0 Å². The van der Waals surface area contributed by atoms with Crippen LogP contribution in [0.15, 0.2) is 22.7 Å². The van der Waals surface area contributed by atoms with Gasteiger partial charge in [0.25, 0.3) is 0 Å². The third kappa shape index (κ3) is 3.18. The first-order valence-electron chi connectivity index (χ1n) is 6.92. The molecule has 2 rings (SSSR count). The minimum Gasteiger partial charge on any atom is -0.388 e. The molecule has 0 saturated heterocycles. The molecule has 0 heterocycles. The van der Waals surface area contributed by atoms with Crippen molar-refractivity contribution in [3.63, 3.8) is 0 Å². The van der Waals surface area contributed by atoms with Crippen LogP contribution in [-0.4, -0.2) is 11.7 Å². The Morgan fingerprint density at radius 2 is 1.89 bits per heavy atom. The molecule has 1 aromatic carbocycles. The Bertz CT molecular complexity index is 430. The summed E-state index contributed by atoms with van der Waals surface area (Å²) in [5.74, 6) is -0.300. The van der Waals surface area contributed by atoms with Crippen molar-refractivity contribution < 1.29 is 9.50 Å². The van der Waals surface area contributed by atoms with E-state index in [9.17, 15) is 9.50 Å². The molecule has 0 aliphatic heterocycles. The maximum atomic E-state index is 13.2. The van der Waals surface area contributed by atoms with Crippen LogP contribution in [0, 0.1) is 11.2 Å². The molecule has 1 atom stereocenters. The highest BCUT2D eigenvalue weighted by Gasteiger charge is 2.38. The average molecular weight is 330 g/mol. The molecule has 106 valence electrons. The smallest absolute Gasteiger partial charge is 0.124 e. The highest BCUT2D eigenvalue weighted by atomic mass is 79.9.